The van der Waals surface area contributed by atoms with Crippen LogP contribution < -0.4 is 4.90 Å². The summed E-state index contributed by atoms with van der Waals surface area (Å²) in [6.07, 6.45) is 3.74. The number of halogens is 1. The normalized spacial score (nSPS) is 22.3. The summed E-state index contributed by atoms with van der Waals surface area (Å²) in [5, 5.41) is 0. The van der Waals surface area contributed by atoms with E-state index >= 15 is 4.39 Å². The molecule has 0 unspecified atom stereocenters. The minimum Gasteiger partial charge on any atom is -0.352 e. The summed E-state index contributed by atoms with van der Waals surface area (Å²) < 4.78 is 15.7. The van der Waals surface area contributed by atoms with Gasteiger partial charge in [-0.3, -0.25) is 14.4 Å². The molecule has 1 fully saturated rings. The van der Waals surface area contributed by atoms with E-state index in [4.69, 9.17) is 0 Å². The summed E-state index contributed by atoms with van der Waals surface area (Å²) >= 11 is 0. The van der Waals surface area contributed by atoms with Gasteiger partial charge in [0.05, 0.1) is 6.04 Å². The molecule has 3 atom stereocenters. The molecule has 1 spiro atoms. The topological polar surface area (TPSA) is 54.5 Å². The maximum Gasteiger partial charge on any atom is 0.185 e. The van der Waals surface area contributed by atoms with Gasteiger partial charge in [-0.05, 0) is 23.3 Å². The second-order valence-electron chi connectivity index (χ2n) is 10.0. The third kappa shape index (κ3) is 2.81. The summed E-state index contributed by atoms with van der Waals surface area (Å²) in [7, 11) is 0. The van der Waals surface area contributed by atoms with Gasteiger partial charge in [0, 0.05) is 28.3 Å². The molecule has 0 N–H and O–H groups in total. The number of nitrogens with zero attached hydrogens (tertiary/aromatic N) is 1. The lowest BCUT2D eigenvalue weighted by Gasteiger charge is -2.37. The van der Waals surface area contributed by atoms with Crippen LogP contribution in [0.15, 0.2) is 109 Å². The standard InChI is InChI=1S/C33H22FNO3/c34-25-16-8-7-15-24(25)28-29(30(36)21-11-2-1-3-12-21)35-26-17-9-4-10-20(26)18-19-27(35)33(28)31(37)22-13-5-6-14-23(22)32(33)38/h1-19,27-29H/t27-,28-,29+/m0/s1. The van der Waals surface area contributed by atoms with Gasteiger partial charge in [-0.25, -0.2) is 4.39 Å². The zero-order valence-electron chi connectivity index (χ0n) is 20.3. The summed E-state index contributed by atoms with van der Waals surface area (Å²) in [5.41, 5.74) is 1.18. The first kappa shape index (κ1) is 22.5. The molecule has 1 aliphatic carbocycles. The number of carbonyl (C=O) groups is 3. The van der Waals surface area contributed by atoms with Crippen LogP contribution in [-0.4, -0.2) is 29.4 Å². The molecule has 7 rings (SSSR count). The van der Waals surface area contributed by atoms with Gasteiger partial charge in [-0.2, -0.15) is 0 Å². The number of para-hydroxylation sites is 1. The van der Waals surface area contributed by atoms with Gasteiger partial charge < -0.3 is 4.90 Å². The molecule has 184 valence electrons. The Balaban J connectivity index is 1.57. The fourth-order valence-corrected chi connectivity index (χ4v) is 6.76. The van der Waals surface area contributed by atoms with Crippen molar-refractivity contribution in [3.8, 4) is 0 Å². The molecule has 3 aliphatic rings. The lowest BCUT2D eigenvalue weighted by molar-refractivity contribution is 0.0664. The molecule has 0 radical (unpaired) electrons. The SMILES string of the molecule is O=C(c1ccccc1)[C@H]1[C@H](c2ccccc2F)C2(C(=O)c3ccccc3C2=O)[C@@H]2C=Cc3ccccc3N21. The Morgan fingerprint density at radius 2 is 1.34 bits per heavy atom. The highest BCUT2D eigenvalue weighted by Crippen LogP contribution is 2.61. The van der Waals surface area contributed by atoms with Gasteiger partial charge in [0.1, 0.15) is 17.3 Å². The summed E-state index contributed by atoms with van der Waals surface area (Å²) in [5.74, 6) is -2.59. The summed E-state index contributed by atoms with van der Waals surface area (Å²) in [6, 6.07) is 27.6. The van der Waals surface area contributed by atoms with Gasteiger partial charge in [0.25, 0.3) is 0 Å². The number of hydrogen-bond acceptors (Lipinski definition) is 4. The summed E-state index contributed by atoms with van der Waals surface area (Å²) in [6.45, 7) is 0. The van der Waals surface area contributed by atoms with Crippen LogP contribution >= 0.6 is 0 Å². The molecule has 0 saturated carbocycles. The van der Waals surface area contributed by atoms with Crippen molar-refractivity contribution < 1.29 is 18.8 Å². The monoisotopic (exact) mass is 499 g/mol. The lowest BCUT2D eigenvalue weighted by atomic mass is 9.64. The van der Waals surface area contributed by atoms with Crippen molar-refractivity contribution in [3.63, 3.8) is 0 Å². The van der Waals surface area contributed by atoms with Gasteiger partial charge >= 0.3 is 0 Å². The molecule has 0 bridgehead atoms. The Morgan fingerprint density at radius 3 is 2.05 bits per heavy atom. The number of ketones is 3. The minimum absolute atomic E-state index is 0.191. The third-order valence-corrected chi connectivity index (χ3v) is 8.28. The summed E-state index contributed by atoms with van der Waals surface area (Å²) in [4.78, 5) is 45.3. The third-order valence-electron chi connectivity index (χ3n) is 8.28. The van der Waals surface area contributed by atoms with Crippen LogP contribution in [-0.2, 0) is 0 Å². The highest BCUT2D eigenvalue weighted by Gasteiger charge is 2.71. The van der Waals surface area contributed by atoms with Crippen LogP contribution in [0.1, 0.15) is 48.1 Å². The maximum atomic E-state index is 15.7. The van der Waals surface area contributed by atoms with E-state index in [1.54, 1.807) is 66.7 Å². The van der Waals surface area contributed by atoms with Crippen molar-refractivity contribution in [2.75, 3.05) is 4.90 Å². The molecule has 0 amide bonds. The van der Waals surface area contributed by atoms with Crippen molar-refractivity contribution in [3.05, 3.63) is 143 Å². The molecule has 38 heavy (non-hydrogen) atoms. The van der Waals surface area contributed by atoms with Crippen LogP contribution in [0.2, 0.25) is 0 Å². The fourth-order valence-electron chi connectivity index (χ4n) is 6.76. The fraction of sp³-hybridized carbons (Fsp3) is 0.121. The Morgan fingerprint density at radius 1 is 0.737 bits per heavy atom. The molecule has 2 aliphatic heterocycles. The Bertz CT molecular complexity index is 1640. The Labute approximate surface area is 219 Å². The van der Waals surface area contributed by atoms with Crippen LogP contribution in [0.25, 0.3) is 6.08 Å². The Kier molecular flexibility index (Phi) is 4.86. The van der Waals surface area contributed by atoms with E-state index in [1.807, 2.05) is 47.4 Å². The smallest absolute Gasteiger partial charge is 0.185 e. The maximum absolute atomic E-state index is 15.7. The van der Waals surface area contributed by atoms with E-state index in [0.717, 1.165) is 11.3 Å². The quantitative estimate of drug-likeness (QED) is 0.251. The lowest BCUT2D eigenvalue weighted by Crippen LogP contribution is -2.48. The molecular formula is C33H22FNO3. The predicted octanol–water partition coefficient (Wildman–Crippen LogP) is 6.14. The van der Waals surface area contributed by atoms with Crippen LogP contribution in [0, 0.1) is 11.2 Å². The van der Waals surface area contributed by atoms with Crippen molar-refractivity contribution in [2.24, 2.45) is 5.41 Å². The average molecular weight is 500 g/mol. The van der Waals surface area contributed by atoms with Crippen LogP contribution in [0.4, 0.5) is 10.1 Å². The van der Waals surface area contributed by atoms with Crippen molar-refractivity contribution in [1.82, 2.24) is 0 Å². The van der Waals surface area contributed by atoms with E-state index in [2.05, 4.69) is 0 Å². The molecule has 5 heteroatoms. The molecular weight excluding hydrogens is 477 g/mol. The first-order valence-corrected chi connectivity index (χ1v) is 12.6. The number of fused-ring (bicyclic) bond motifs is 5. The second kappa shape index (κ2) is 8.18. The van der Waals surface area contributed by atoms with Crippen molar-refractivity contribution in [2.45, 2.75) is 18.0 Å². The van der Waals surface area contributed by atoms with Gasteiger partial charge in [0.2, 0.25) is 0 Å². The number of benzene rings is 4. The zero-order chi connectivity index (χ0) is 26.0. The van der Waals surface area contributed by atoms with Gasteiger partial charge in [-0.1, -0.05) is 103 Å². The van der Waals surface area contributed by atoms with E-state index in [1.165, 1.54) is 6.07 Å². The van der Waals surface area contributed by atoms with E-state index in [9.17, 15) is 14.4 Å². The van der Waals surface area contributed by atoms with Gasteiger partial charge in [-0.15, -0.1) is 0 Å². The second-order valence-corrected chi connectivity index (χ2v) is 10.0. The predicted molar refractivity (Wildman–Crippen MR) is 143 cm³/mol. The largest absolute Gasteiger partial charge is 0.352 e. The average Bonchev–Trinajstić information content (AvgIpc) is 3.39. The van der Waals surface area contributed by atoms with Crippen molar-refractivity contribution in [1.29, 1.82) is 0 Å². The number of carbonyl (C=O) groups excluding carboxylic acids is 3. The number of anilines is 1. The minimum atomic E-state index is -1.70. The molecule has 0 aromatic heterocycles. The molecule has 4 aromatic rings. The number of rotatable bonds is 3. The highest BCUT2D eigenvalue weighted by atomic mass is 19.1. The Hall–Kier alpha value is -4.64. The van der Waals surface area contributed by atoms with Crippen molar-refractivity contribution >= 4 is 29.1 Å². The first-order chi connectivity index (χ1) is 18.5. The number of Topliss-reactive ketones (excluding diaryl/α,β-unsaturated/α-hetero) is 3. The molecule has 1 saturated heterocycles. The highest BCUT2D eigenvalue weighted by molar-refractivity contribution is 6.32. The van der Waals surface area contributed by atoms with Crippen LogP contribution in [0.5, 0.6) is 0 Å². The molecule has 4 aromatic carbocycles. The molecule has 2 heterocycles. The molecule has 4 nitrogen and oxygen atoms in total. The van der Waals surface area contributed by atoms with Crippen LogP contribution in [0.3, 0.4) is 0 Å². The van der Waals surface area contributed by atoms with E-state index in [-0.39, 0.29) is 22.9 Å². The van der Waals surface area contributed by atoms with Gasteiger partial charge in [0.15, 0.2) is 17.3 Å². The zero-order valence-corrected chi connectivity index (χ0v) is 20.3. The van der Waals surface area contributed by atoms with E-state index in [0.29, 0.717) is 16.7 Å². The first-order valence-electron chi connectivity index (χ1n) is 12.6. The number of hydrogen-bond donors (Lipinski definition) is 0. The van der Waals surface area contributed by atoms with E-state index < -0.39 is 29.2 Å².